The van der Waals surface area contributed by atoms with Crippen LogP contribution in [0.4, 0.5) is 10.5 Å². The second kappa shape index (κ2) is 9.94. The van der Waals surface area contributed by atoms with Crippen molar-refractivity contribution in [2.45, 2.75) is 13.0 Å². The molecule has 2 amide bonds. The zero-order chi connectivity index (χ0) is 18.0. The van der Waals surface area contributed by atoms with E-state index in [0.717, 1.165) is 45.0 Å². The van der Waals surface area contributed by atoms with Crippen molar-refractivity contribution < 1.29 is 4.79 Å². The summed E-state index contributed by atoms with van der Waals surface area (Å²) in [7, 11) is 0. The van der Waals surface area contributed by atoms with E-state index in [1.165, 1.54) is 12.0 Å². The van der Waals surface area contributed by atoms with Crippen LogP contribution in [0.3, 0.4) is 0 Å². The lowest BCUT2D eigenvalue weighted by Crippen LogP contribution is -2.38. The third-order valence-electron chi connectivity index (χ3n) is 4.68. The fourth-order valence-electron chi connectivity index (χ4n) is 3.27. The molecule has 1 fully saturated rings. The van der Waals surface area contributed by atoms with Crippen LogP contribution >= 0.6 is 0 Å². The number of nitrogens with one attached hydrogen (secondary N) is 2. The summed E-state index contributed by atoms with van der Waals surface area (Å²) in [5.41, 5.74) is 2.19. The molecule has 0 unspecified atom stereocenters. The van der Waals surface area contributed by atoms with Crippen LogP contribution in [0.5, 0.6) is 0 Å². The van der Waals surface area contributed by atoms with Gasteiger partial charge in [0.25, 0.3) is 0 Å². The lowest BCUT2D eigenvalue weighted by atomic mass is 10.2. The Bertz CT molecular complexity index is 662. The number of nitrogens with zero attached hydrogens (tertiary/aromatic N) is 2. The fraction of sp³-hybridized carbons (Fsp3) is 0.381. The van der Waals surface area contributed by atoms with Crippen LogP contribution < -0.4 is 10.6 Å². The van der Waals surface area contributed by atoms with E-state index in [9.17, 15) is 4.79 Å². The molecule has 1 saturated heterocycles. The van der Waals surface area contributed by atoms with Crippen LogP contribution in [-0.4, -0.2) is 55.1 Å². The second-order valence-corrected chi connectivity index (χ2v) is 6.70. The molecule has 2 aromatic rings. The van der Waals surface area contributed by atoms with E-state index >= 15 is 0 Å². The lowest BCUT2D eigenvalue weighted by Gasteiger charge is -2.22. The van der Waals surface area contributed by atoms with Crippen LogP contribution in [-0.2, 0) is 6.54 Å². The van der Waals surface area contributed by atoms with E-state index in [1.54, 1.807) is 0 Å². The second-order valence-electron chi connectivity index (χ2n) is 6.70. The van der Waals surface area contributed by atoms with Gasteiger partial charge >= 0.3 is 6.03 Å². The maximum Gasteiger partial charge on any atom is 0.319 e. The van der Waals surface area contributed by atoms with Gasteiger partial charge in [0.05, 0.1) is 0 Å². The number of para-hydroxylation sites is 1. The maximum atomic E-state index is 11.9. The molecule has 0 aliphatic carbocycles. The Morgan fingerprint density at radius 1 is 0.846 bits per heavy atom. The van der Waals surface area contributed by atoms with Gasteiger partial charge in [0.1, 0.15) is 0 Å². The van der Waals surface area contributed by atoms with E-state index in [-0.39, 0.29) is 6.03 Å². The van der Waals surface area contributed by atoms with E-state index in [0.29, 0.717) is 6.54 Å². The van der Waals surface area contributed by atoms with Crippen molar-refractivity contribution in [1.29, 1.82) is 0 Å². The molecule has 1 aliphatic heterocycles. The molecular weight excluding hydrogens is 324 g/mol. The highest BCUT2D eigenvalue weighted by molar-refractivity contribution is 5.89. The number of urea groups is 1. The van der Waals surface area contributed by atoms with Crippen molar-refractivity contribution in [3.8, 4) is 0 Å². The predicted octanol–water partition coefficient (Wildman–Crippen LogP) is 3.02. The number of rotatable bonds is 6. The molecule has 2 N–H and O–H groups in total. The first-order chi connectivity index (χ1) is 12.8. The highest BCUT2D eigenvalue weighted by atomic mass is 16.2. The molecule has 0 bridgehead atoms. The Morgan fingerprint density at radius 3 is 2.27 bits per heavy atom. The molecule has 5 heteroatoms. The highest BCUT2D eigenvalue weighted by Crippen LogP contribution is 2.09. The predicted molar refractivity (Wildman–Crippen MR) is 106 cm³/mol. The summed E-state index contributed by atoms with van der Waals surface area (Å²) in [5.74, 6) is 0. The Hall–Kier alpha value is -2.37. The standard InChI is InChI=1S/C21H28N4O/c26-21(23-20-10-5-2-6-11-20)22-12-15-24-13-7-14-25(17-16-24)18-19-8-3-1-4-9-19/h1-6,8-11H,7,12-18H2,(H2,22,23,26). The first-order valence-electron chi connectivity index (χ1n) is 9.38. The summed E-state index contributed by atoms with van der Waals surface area (Å²) in [5, 5.41) is 5.79. The van der Waals surface area contributed by atoms with Crippen LogP contribution in [0, 0.1) is 0 Å². The minimum Gasteiger partial charge on any atom is -0.337 e. The smallest absolute Gasteiger partial charge is 0.319 e. The Kier molecular flexibility index (Phi) is 7.05. The molecule has 0 aromatic heterocycles. The first-order valence-corrected chi connectivity index (χ1v) is 9.38. The minimum atomic E-state index is -0.142. The summed E-state index contributed by atoms with van der Waals surface area (Å²) >= 11 is 0. The van der Waals surface area contributed by atoms with Gasteiger partial charge in [-0.1, -0.05) is 48.5 Å². The first kappa shape index (κ1) is 18.4. The summed E-state index contributed by atoms with van der Waals surface area (Å²) in [6.45, 7) is 6.92. The Morgan fingerprint density at radius 2 is 1.50 bits per heavy atom. The zero-order valence-corrected chi connectivity index (χ0v) is 15.2. The number of amides is 2. The summed E-state index contributed by atoms with van der Waals surface area (Å²) in [6, 6.07) is 20.0. The van der Waals surface area contributed by atoms with Crippen LogP contribution in [0.25, 0.3) is 0 Å². The SMILES string of the molecule is O=C(NCCN1CCCN(Cc2ccccc2)CC1)Nc1ccccc1. The minimum absolute atomic E-state index is 0.142. The average molecular weight is 352 g/mol. The molecule has 0 atom stereocenters. The third kappa shape index (κ3) is 6.17. The van der Waals surface area contributed by atoms with Gasteiger partial charge in [0.15, 0.2) is 0 Å². The number of hydrogen-bond donors (Lipinski definition) is 2. The third-order valence-corrected chi connectivity index (χ3v) is 4.68. The van der Waals surface area contributed by atoms with Crippen LogP contribution in [0.1, 0.15) is 12.0 Å². The van der Waals surface area contributed by atoms with Crippen molar-refractivity contribution in [3.63, 3.8) is 0 Å². The molecule has 0 radical (unpaired) electrons. The van der Waals surface area contributed by atoms with E-state index in [1.807, 2.05) is 30.3 Å². The van der Waals surface area contributed by atoms with Crippen molar-refractivity contribution >= 4 is 11.7 Å². The van der Waals surface area contributed by atoms with Gasteiger partial charge in [-0.2, -0.15) is 0 Å². The zero-order valence-electron chi connectivity index (χ0n) is 15.2. The van der Waals surface area contributed by atoms with Crippen molar-refractivity contribution in [2.24, 2.45) is 0 Å². The number of carbonyl (C=O) groups is 1. The molecule has 1 aliphatic rings. The molecule has 0 spiro atoms. The van der Waals surface area contributed by atoms with Crippen molar-refractivity contribution in [3.05, 3.63) is 66.2 Å². The van der Waals surface area contributed by atoms with Gasteiger partial charge in [0, 0.05) is 38.4 Å². The van der Waals surface area contributed by atoms with E-state index < -0.39 is 0 Å². The summed E-state index contributed by atoms with van der Waals surface area (Å²) in [4.78, 5) is 16.9. The molecule has 2 aromatic carbocycles. The fourth-order valence-corrected chi connectivity index (χ4v) is 3.27. The Balaban J connectivity index is 1.35. The molecule has 138 valence electrons. The average Bonchev–Trinajstić information content (AvgIpc) is 2.89. The monoisotopic (exact) mass is 352 g/mol. The summed E-state index contributed by atoms with van der Waals surface area (Å²) < 4.78 is 0. The van der Waals surface area contributed by atoms with Crippen LogP contribution in [0.2, 0.25) is 0 Å². The van der Waals surface area contributed by atoms with Gasteiger partial charge in [-0.25, -0.2) is 4.79 Å². The van der Waals surface area contributed by atoms with Gasteiger partial charge in [-0.3, -0.25) is 4.90 Å². The quantitative estimate of drug-likeness (QED) is 0.840. The topological polar surface area (TPSA) is 47.6 Å². The molecular formula is C21H28N4O. The molecule has 3 rings (SSSR count). The number of carbonyl (C=O) groups excluding carboxylic acids is 1. The van der Waals surface area contributed by atoms with Gasteiger partial charge in [-0.15, -0.1) is 0 Å². The Labute approximate surface area is 156 Å². The number of hydrogen-bond acceptors (Lipinski definition) is 3. The van der Waals surface area contributed by atoms with E-state index in [2.05, 4.69) is 50.8 Å². The number of anilines is 1. The lowest BCUT2D eigenvalue weighted by molar-refractivity contribution is 0.241. The van der Waals surface area contributed by atoms with Gasteiger partial charge in [0.2, 0.25) is 0 Å². The maximum absolute atomic E-state index is 11.9. The summed E-state index contributed by atoms with van der Waals surface area (Å²) in [6.07, 6.45) is 1.17. The molecule has 26 heavy (non-hydrogen) atoms. The highest BCUT2D eigenvalue weighted by Gasteiger charge is 2.14. The van der Waals surface area contributed by atoms with Gasteiger partial charge in [-0.05, 0) is 37.2 Å². The normalized spacial score (nSPS) is 16.0. The van der Waals surface area contributed by atoms with E-state index in [4.69, 9.17) is 0 Å². The van der Waals surface area contributed by atoms with Crippen LogP contribution in [0.15, 0.2) is 60.7 Å². The molecule has 1 heterocycles. The molecule has 0 saturated carbocycles. The van der Waals surface area contributed by atoms with Crippen molar-refractivity contribution in [1.82, 2.24) is 15.1 Å². The van der Waals surface area contributed by atoms with Gasteiger partial charge < -0.3 is 15.5 Å². The van der Waals surface area contributed by atoms with Crippen molar-refractivity contribution in [2.75, 3.05) is 44.6 Å². The largest absolute Gasteiger partial charge is 0.337 e. The molecule has 5 nitrogen and oxygen atoms in total. The number of benzene rings is 2.